The number of rotatable bonds is 6. The zero-order valence-electron chi connectivity index (χ0n) is 18.2. The minimum Gasteiger partial charge on any atom is -0.507 e. The van der Waals surface area contributed by atoms with Crippen LogP contribution in [0.15, 0.2) is 60.7 Å². The number of ether oxygens (including phenoxy) is 2. The molecule has 34 heavy (non-hydrogen) atoms. The Morgan fingerprint density at radius 1 is 0.912 bits per heavy atom. The number of carbonyl (C=O) groups is 2. The molecule has 0 unspecified atom stereocenters. The number of methoxy groups -OCH3 is 2. The number of aromatic nitrogens is 3. The number of benzene rings is 3. The zero-order chi connectivity index (χ0) is 24.4. The molecule has 0 saturated carbocycles. The Labute approximate surface area is 193 Å². The molecular formula is C24H20N4O6. The van der Waals surface area contributed by atoms with Crippen molar-refractivity contribution in [3.05, 3.63) is 72.1 Å². The normalized spacial score (nSPS) is 10.6. The number of hydrogen-bond donors (Lipinski definition) is 3. The highest BCUT2D eigenvalue weighted by Crippen LogP contribution is 2.40. The maximum absolute atomic E-state index is 12.0. The van der Waals surface area contributed by atoms with Gasteiger partial charge in [-0.1, -0.05) is 12.1 Å². The Bertz CT molecular complexity index is 1400. The summed E-state index contributed by atoms with van der Waals surface area (Å²) in [7, 11) is 2.80. The number of phenols is 2. The van der Waals surface area contributed by atoms with E-state index in [2.05, 4.69) is 10.2 Å². The second-order valence-electron chi connectivity index (χ2n) is 7.20. The van der Waals surface area contributed by atoms with E-state index in [-0.39, 0.29) is 34.3 Å². The molecule has 4 N–H and O–H groups in total. The molecule has 0 fully saturated rings. The second kappa shape index (κ2) is 8.94. The van der Waals surface area contributed by atoms with Crippen LogP contribution in [0, 0.1) is 0 Å². The quantitative estimate of drug-likeness (QED) is 0.372. The summed E-state index contributed by atoms with van der Waals surface area (Å²) in [6, 6.07) is 15.8. The highest BCUT2D eigenvalue weighted by atomic mass is 16.5. The van der Waals surface area contributed by atoms with Gasteiger partial charge < -0.3 is 25.4 Å². The van der Waals surface area contributed by atoms with Crippen LogP contribution >= 0.6 is 0 Å². The fourth-order valence-electron chi connectivity index (χ4n) is 3.51. The van der Waals surface area contributed by atoms with E-state index in [1.807, 2.05) is 0 Å². The van der Waals surface area contributed by atoms with Crippen LogP contribution < -0.4 is 10.5 Å². The molecule has 1 aromatic heterocycles. The lowest BCUT2D eigenvalue weighted by Crippen LogP contribution is -2.17. The number of nitrogens with two attached hydrogens (primary N) is 1. The largest absolute Gasteiger partial charge is 0.507 e. The number of phenolic OH excluding ortho intramolecular Hbond substituents is 2. The molecule has 10 nitrogen and oxygen atoms in total. The molecule has 1 heterocycles. The van der Waals surface area contributed by atoms with E-state index in [1.165, 1.54) is 24.9 Å². The molecule has 0 saturated heterocycles. The first-order chi connectivity index (χ1) is 16.3. The third kappa shape index (κ3) is 3.99. The highest BCUT2D eigenvalue weighted by Gasteiger charge is 2.23. The Morgan fingerprint density at radius 2 is 1.62 bits per heavy atom. The molecule has 0 aliphatic rings. The lowest BCUT2D eigenvalue weighted by atomic mass is 9.99. The van der Waals surface area contributed by atoms with E-state index >= 15 is 0 Å². The smallest absolute Gasteiger partial charge is 0.337 e. The molecule has 0 bridgehead atoms. The molecule has 4 aromatic rings. The van der Waals surface area contributed by atoms with Crippen molar-refractivity contribution in [3.8, 4) is 45.5 Å². The lowest BCUT2D eigenvalue weighted by Gasteiger charge is -2.13. The molecule has 3 aromatic carbocycles. The Kier molecular flexibility index (Phi) is 5.88. The van der Waals surface area contributed by atoms with Crippen LogP contribution in [-0.2, 0) is 4.74 Å². The number of amides is 1. The van der Waals surface area contributed by atoms with Crippen molar-refractivity contribution >= 4 is 11.9 Å². The van der Waals surface area contributed by atoms with Gasteiger partial charge in [-0.25, -0.2) is 4.79 Å². The van der Waals surface area contributed by atoms with E-state index in [0.717, 1.165) is 6.07 Å². The van der Waals surface area contributed by atoms with Crippen LogP contribution in [0.4, 0.5) is 0 Å². The van der Waals surface area contributed by atoms with Crippen LogP contribution in [0.5, 0.6) is 17.2 Å². The number of primary amides is 1. The van der Waals surface area contributed by atoms with E-state index in [9.17, 15) is 19.8 Å². The molecule has 172 valence electrons. The Morgan fingerprint density at radius 3 is 2.26 bits per heavy atom. The number of carbonyl (C=O) groups excluding carboxylic acids is 2. The Balaban J connectivity index is 1.91. The highest BCUT2D eigenvalue weighted by molar-refractivity contribution is 5.92. The first kappa shape index (κ1) is 22.3. The minimum absolute atomic E-state index is 0.113. The van der Waals surface area contributed by atoms with Crippen LogP contribution in [0.25, 0.3) is 28.2 Å². The van der Waals surface area contributed by atoms with Crippen molar-refractivity contribution in [2.75, 3.05) is 14.2 Å². The lowest BCUT2D eigenvalue weighted by molar-refractivity contribution is 0.0600. The van der Waals surface area contributed by atoms with Gasteiger partial charge in [0.15, 0.2) is 5.82 Å². The SMILES string of the molecule is COC(=O)c1cccc(-c2cc(-c3nnc(C(N)=O)n3-c3ccc(OC)cc3)c(O)cc2O)c1. The first-order valence-electron chi connectivity index (χ1n) is 9.98. The van der Waals surface area contributed by atoms with Crippen molar-refractivity contribution in [2.24, 2.45) is 5.73 Å². The topological polar surface area (TPSA) is 150 Å². The van der Waals surface area contributed by atoms with E-state index in [4.69, 9.17) is 15.2 Å². The average molecular weight is 460 g/mol. The fourth-order valence-corrected chi connectivity index (χ4v) is 3.51. The molecule has 0 aliphatic carbocycles. The van der Waals surface area contributed by atoms with Gasteiger partial charge in [-0.3, -0.25) is 9.36 Å². The van der Waals surface area contributed by atoms with Gasteiger partial charge in [0.05, 0.1) is 25.3 Å². The monoisotopic (exact) mass is 460 g/mol. The fraction of sp³-hybridized carbons (Fsp3) is 0.0833. The summed E-state index contributed by atoms with van der Waals surface area (Å²) in [6.45, 7) is 0. The number of esters is 1. The van der Waals surface area contributed by atoms with Crippen LogP contribution in [0.1, 0.15) is 21.0 Å². The minimum atomic E-state index is -0.821. The van der Waals surface area contributed by atoms with Crippen molar-refractivity contribution in [3.63, 3.8) is 0 Å². The van der Waals surface area contributed by atoms with Crippen molar-refractivity contribution in [1.29, 1.82) is 0 Å². The summed E-state index contributed by atoms with van der Waals surface area (Å²) < 4.78 is 11.3. The van der Waals surface area contributed by atoms with Gasteiger partial charge in [-0.05, 0) is 48.0 Å². The number of nitrogens with zero attached hydrogens (tertiary/aromatic N) is 3. The van der Waals surface area contributed by atoms with E-state index < -0.39 is 11.9 Å². The molecule has 0 aliphatic heterocycles. The molecule has 1 amide bonds. The summed E-state index contributed by atoms with van der Waals surface area (Å²) in [6.07, 6.45) is 0. The van der Waals surface area contributed by atoms with Crippen LogP contribution in [0.2, 0.25) is 0 Å². The summed E-state index contributed by atoms with van der Waals surface area (Å²) in [5, 5.41) is 29.2. The second-order valence-corrected chi connectivity index (χ2v) is 7.20. The molecular weight excluding hydrogens is 440 g/mol. The van der Waals surface area contributed by atoms with Crippen molar-refractivity contribution in [1.82, 2.24) is 14.8 Å². The van der Waals surface area contributed by atoms with Gasteiger partial charge in [-0.2, -0.15) is 0 Å². The zero-order valence-corrected chi connectivity index (χ0v) is 18.2. The average Bonchev–Trinajstić information content (AvgIpc) is 3.29. The predicted octanol–water partition coefficient (Wildman–Crippen LogP) is 2.91. The molecule has 10 heteroatoms. The van der Waals surface area contributed by atoms with Crippen LogP contribution in [0.3, 0.4) is 0 Å². The first-order valence-corrected chi connectivity index (χ1v) is 9.98. The molecule has 4 rings (SSSR count). The number of hydrogen-bond acceptors (Lipinski definition) is 8. The summed E-state index contributed by atoms with van der Waals surface area (Å²) >= 11 is 0. The van der Waals surface area contributed by atoms with Gasteiger partial charge >= 0.3 is 5.97 Å². The predicted molar refractivity (Wildman–Crippen MR) is 122 cm³/mol. The van der Waals surface area contributed by atoms with E-state index in [0.29, 0.717) is 22.6 Å². The standard InChI is InChI=1S/C24H20N4O6/c1-33-16-8-6-15(7-9-16)28-22(26-27-23(28)21(25)31)18-11-17(19(29)12-20(18)30)13-4-3-5-14(10-13)24(32)34-2/h3-12,29-30H,1-2H3,(H2,25,31). The maximum Gasteiger partial charge on any atom is 0.337 e. The molecule has 0 spiro atoms. The third-order valence-electron chi connectivity index (χ3n) is 5.16. The third-order valence-corrected chi connectivity index (χ3v) is 5.16. The van der Waals surface area contributed by atoms with E-state index in [1.54, 1.807) is 48.5 Å². The van der Waals surface area contributed by atoms with Gasteiger partial charge in [0.25, 0.3) is 5.91 Å². The van der Waals surface area contributed by atoms with Crippen molar-refractivity contribution < 1.29 is 29.3 Å². The van der Waals surface area contributed by atoms with Gasteiger partial charge in [-0.15, -0.1) is 10.2 Å². The van der Waals surface area contributed by atoms with Crippen molar-refractivity contribution in [2.45, 2.75) is 0 Å². The van der Waals surface area contributed by atoms with Gasteiger partial charge in [0.1, 0.15) is 17.2 Å². The summed E-state index contributed by atoms with van der Waals surface area (Å²) in [5.41, 5.74) is 7.26. The summed E-state index contributed by atoms with van der Waals surface area (Å²) in [4.78, 5) is 24.0. The number of aromatic hydroxyl groups is 2. The molecule has 0 atom stereocenters. The molecule has 0 radical (unpaired) electrons. The van der Waals surface area contributed by atoms with Crippen LogP contribution in [-0.4, -0.2) is 51.1 Å². The Hall–Kier alpha value is -4.86. The van der Waals surface area contributed by atoms with Gasteiger partial charge in [0.2, 0.25) is 5.82 Å². The maximum atomic E-state index is 12.0. The van der Waals surface area contributed by atoms with Gasteiger partial charge in [0, 0.05) is 17.3 Å². The summed E-state index contributed by atoms with van der Waals surface area (Å²) in [5.74, 6) is -1.33.